The highest BCUT2D eigenvalue weighted by atomic mass is 79.9. The van der Waals surface area contributed by atoms with E-state index in [2.05, 4.69) is 26.5 Å². The maximum absolute atomic E-state index is 12.4. The van der Waals surface area contributed by atoms with Crippen molar-refractivity contribution >= 4 is 45.6 Å². The number of halogens is 2. The fourth-order valence-corrected chi connectivity index (χ4v) is 2.97. The van der Waals surface area contributed by atoms with E-state index in [0.717, 1.165) is 10.0 Å². The topological polar surface area (TPSA) is 67.8 Å². The van der Waals surface area contributed by atoms with Crippen molar-refractivity contribution in [2.24, 2.45) is 5.10 Å². The van der Waals surface area contributed by atoms with Crippen molar-refractivity contribution in [1.82, 2.24) is 5.43 Å². The van der Waals surface area contributed by atoms with Gasteiger partial charge < -0.3 is 4.74 Å². The Hall–Kier alpha value is -2.96. The van der Waals surface area contributed by atoms with Gasteiger partial charge in [-0.3, -0.25) is 4.79 Å². The van der Waals surface area contributed by atoms with Gasteiger partial charge in [-0.25, -0.2) is 10.2 Å². The van der Waals surface area contributed by atoms with Crippen molar-refractivity contribution in [2.45, 2.75) is 6.92 Å². The first-order valence-electron chi connectivity index (χ1n) is 8.60. The number of aryl methyl sites for hydroxylation is 1. The number of nitrogens with one attached hydrogen (secondary N) is 1. The van der Waals surface area contributed by atoms with E-state index in [9.17, 15) is 9.59 Å². The summed E-state index contributed by atoms with van der Waals surface area (Å²) in [6.45, 7) is 1.91. The molecule has 5 nitrogen and oxygen atoms in total. The summed E-state index contributed by atoms with van der Waals surface area (Å²) >= 11 is 9.22. The van der Waals surface area contributed by atoms with Crippen LogP contribution in [0.1, 0.15) is 31.8 Å². The van der Waals surface area contributed by atoms with E-state index in [1.807, 2.05) is 13.0 Å². The maximum Gasteiger partial charge on any atom is 0.343 e. The first-order valence-corrected chi connectivity index (χ1v) is 9.77. The molecule has 7 heteroatoms. The van der Waals surface area contributed by atoms with Gasteiger partial charge in [0.2, 0.25) is 0 Å². The summed E-state index contributed by atoms with van der Waals surface area (Å²) < 4.78 is 6.25. The van der Waals surface area contributed by atoms with Crippen LogP contribution in [0.25, 0.3) is 0 Å². The lowest BCUT2D eigenvalue weighted by molar-refractivity contribution is 0.0734. The van der Waals surface area contributed by atoms with Crippen LogP contribution in [0.2, 0.25) is 5.02 Å². The average molecular weight is 472 g/mol. The molecule has 0 aromatic heterocycles. The number of carbonyl (C=O) groups is 2. The number of benzene rings is 3. The summed E-state index contributed by atoms with van der Waals surface area (Å²) in [5.74, 6) is -0.552. The molecular weight excluding hydrogens is 456 g/mol. The number of nitrogens with zero attached hydrogens (tertiary/aromatic N) is 1. The Labute approximate surface area is 181 Å². The molecule has 1 amide bonds. The third-order valence-electron chi connectivity index (χ3n) is 3.90. The second-order valence-corrected chi connectivity index (χ2v) is 7.50. The highest BCUT2D eigenvalue weighted by molar-refractivity contribution is 9.10. The van der Waals surface area contributed by atoms with Gasteiger partial charge in [0.05, 0.1) is 11.8 Å². The molecule has 0 aliphatic carbocycles. The Balaban J connectivity index is 1.74. The average Bonchev–Trinajstić information content (AvgIpc) is 2.70. The molecule has 0 fully saturated rings. The second kappa shape index (κ2) is 9.49. The minimum absolute atomic E-state index is 0.307. The zero-order valence-corrected chi connectivity index (χ0v) is 17.7. The van der Waals surface area contributed by atoms with E-state index < -0.39 is 5.97 Å². The predicted molar refractivity (Wildman–Crippen MR) is 117 cm³/mol. The van der Waals surface area contributed by atoms with Crippen LogP contribution in [0.4, 0.5) is 0 Å². The lowest BCUT2D eigenvalue weighted by Crippen LogP contribution is -2.17. The first-order chi connectivity index (χ1) is 13.9. The molecule has 1 N–H and O–H groups in total. The molecule has 0 bridgehead atoms. The Morgan fingerprint density at radius 1 is 1.03 bits per heavy atom. The maximum atomic E-state index is 12.4. The lowest BCUT2D eigenvalue weighted by Gasteiger charge is -2.08. The number of ether oxygens (including phenoxy) is 1. The van der Waals surface area contributed by atoms with Gasteiger partial charge >= 0.3 is 5.97 Å². The van der Waals surface area contributed by atoms with E-state index in [0.29, 0.717) is 27.5 Å². The molecular formula is C22H16BrClN2O3. The van der Waals surface area contributed by atoms with Crippen LogP contribution in [-0.4, -0.2) is 18.1 Å². The number of carbonyl (C=O) groups excluding carboxylic acids is 2. The van der Waals surface area contributed by atoms with Crippen molar-refractivity contribution in [1.29, 1.82) is 0 Å². The highest BCUT2D eigenvalue weighted by Gasteiger charge is 2.12. The molecule has 0 saturated carbocycles. The van der Waals surface area contributed by atoms with Gasteiger partial charge in [-0.2, -0.15) is 5.10 Å². The summed E-state index contributed by atoms with van der Waals surface area (Å²) in [7, 11) is 0. The summed E-state index contributed by atoms with van der Waals surface area (Å²) in [5, 5.41) is 4.52. The summed E-state index contributed by atoms with van der Waals surface area (Å²) in [6.07, 6.45) is 1.42. The number of hydrogen-bond donors (Lipinski definition) is 1. The molecule has 3 aromatic carbocycles. The fraction of sp³-hybridized carbons (Fsp3) is 0.0455. The summed E-state index contributed by atoms with van der Waals surface area (Å²) in [5.41, 5.74) is 4.84. The lowest BCUT2D eigenvalue weighted by atomic mass is 10.1. The quantitative estimate of drug-likeness (QED) is 0.235. The van der Waals surface area contributed by atoms with Crippen molar-refractivity contribution in [3.05, 3.63) is 98.5 Å². The Morgan fingerprint density at radius 2 is 1.79 bits per heavy atom. The predicted octanol–water partition coefficient (Wildman–Crippen LogP) is 5.39. The zero-order chi connectivity index (χ0) is 20.8. The van der Waals surface area contributed by atoms with Crippen LogP contribution in [0.3, 0.4) is 0 Å². The van der Waals surface area contributed by atoms with Crippen molar-refractivity contribution in [3.63, 3.8) is 0 Å². The highest BCUT2D eigenvalue weighted by Crippen LogP contribution is 2.23. The standard InChI is InChI=1S/C22H16BrClN2O3/c1-14-3-2-4-16(11-14)21(27)26-25-13-17-12-18(23)7-10-20(17)29-22(28)15-5-8-19(24)9-6-15/h2-13H,1H3,(H,26,27)/b25-13-. The molecule has 0 saturated heterocycles. The van der Waals surface area contributed by atoms with Crippen LogP contribution in [0, 0.1) is 6.92 Å². The first kappa shape index (κ1) is 20.8. The van der Waals surface area contributed by atoms with Crippen LogP contribution in [-0.2, 0) is 0 Å². The van der Waals surface area contributed by atoms with Gasteiger partial charge in [-0.1, -0.05) is 45.2 Å². The normalized spacial score (nSPS) is 10.7. The number of amides is 1. The number of rotatable bonds is 5. The minimum Gasteiger partial charge on any atom is -0.422 e. The Bertz CT molecular complexity index is 1080. The van der Waals surface area contributed by atoms with E-state index in [1.165, 1.54) is 6.21 Å². The van der Waals surface area contributed by atoms with E-state index in [1.54, 1.807) is 60.7 Å². The Morgan fingerprint density at radius 3 is 2.52 bits per heavy atom. The van der Waals surface area contributed by atoms with Crippen LogP contribution < -0.4 is 10.2 Å². The molecule has 3 rings (SSSR count). The minimum atomic E-state index is -0.526. The van der Waals surface area contributed by atoms with Gasteiger partial charge in [-0.05, 0) is 61.5 Å². The zero-order valence-electron chi connectivity index (χ0n) is 15.4. The molecule has 0 unspecified atom stereocenters. The molecule has 0 radical (unpaired) electrons. The fourth-order valence-electron chi connectivity index (χ4n) is 2.47. The van der Waals surface area contributed by atoms with Gasteiger partial charge in [0.15, 0.2) is 0 Å². The number of hydrazone groups is 1. The van der Waals surface area contributed by atoms with E-state index in [-0.39, 0.29) is 5.91 Å². The van der Waals surface area contributed by atoms with Crippen molar-refractivity contribution in [3.8, 4) is 5.75 Å². The molecule has 0 aliphatic rings. The third kappa shape index (κ3) is 5.76. The monoisotopic (exact) mass is 470 g/mol. The van der Waals surface area contributed by atoms with Crippen LogP contribution in [0.5, 0.6) is 5.75 Å². The molecule has 29 heavy (non-hydrogen) atoms. The molecule has 0 heterocycles. The summed E-state index contributed by atoms with van der Waals surface area (Å²) in [4.78, 5) is 24.6. The number of hydrogen-bond acceptors (Lipinski definition) is 4. The SMILES string of the molecule is Cc1cccc(C(=O)N/N=C\c2cc(Br)ccc2OC(=O)c2ccc(Cl)cc2)c1. The van der Waals surface area contributed by atoms with Gasteiger partial charge in [0.1, 0.15) is 5.75 Å². The Kier molecular flexibility index (Phi) is 6.80. The largest absolute Gasteiger partial charge is 0.422 e. The van der Waals surface area contributed by atoms with Gasteiger partial charge in [-0.15, -0.1) is 0 Å². The van der Waals surface area contributed by atoms with Gasteiger partial charge in [0, 0.05) is 20.6 Å². The van der Waals surface area contributed by atoms with Crippen LogP contribution in [0.15, 0.2) is 76.3 Å². The van der Waals surface area contributed by atoms with Crippen molar-refractivity contribution in [2.75, 3.05) is 0 Å². The van der Waals surface area contributed by atoms with Crippen molar-refractivity contribution < 1.29 is 14.3 Å². The molecule has 0 atom stereocenters. The molecule has 146 valence electrons. The van der Waals surface area contributed by atoms with E-state index >= 15 is 0 Å². The molecule has 3 aromatic rings. The molecule has 0 spiro atoms. The summed E-state index contributed by atoms with van der Waals surface area (Å²) in [6, 6.07) is 18.7. The smallest absolute Gasteiger partial charge is 0.343 e. The van der Waals surface area contributed by atoms with Crippen LogP contribution >= 0.6 is 27.5 Å². The second-order valence-electron chi connectivity index (χ2n) is 6.15. The van der Waals surface area contributed by atoms with Gasteiger partial charge in [0.25, 0.3) is 5.91 Å². The number of esters is 1. The van der Waals surface area contributed by atoms with E-state index in [4.69, 9.17) is 16.3 Å². The molecule has 0 aliphatic heterocycles. The third-order valence-corrected chi connectivity index (χ3v) is 4.65.